The van der Waals surface area contributed by atoms with Crippen molar-refractivity contribution in [3.05, 3.63) is 11.9 Å². The van der Waals surface area contributed by atoms with Crippen LogP contribution in [0.3, 0.4) is 0 Å². The zero-order valence-corrected chi connectivity index (χ0v) is 12.9. The number of nitrogens with one attached hydrogen (secondary N) is 2. The van der Waals surface area contributed by atoms with E-state index in [4.69, 9.17) is 4.74 Å². The first kappa shape index (κ1) is 14.6. The summed E-state index contributed by atoms with van der Waals surface area (Å²) < 4.78 is 5.87. The Hall–Kier alpha value is -1.36. The lowest BCUT2D eigenvalue weighted by atomic mass is 10.3. The molecule has 0 atom stereocenters. The van der Waals surface area contributed by atoms with Crippen molar-refractivity contribution in [1.29, 1.82) is 0 Å². The highest BCUT2D eigenvalue weighted by Gasteiger charge is 2.27. The Morgan fingerprint density at radius 3 is 2.48 bits per heavy atom. The molecule has 2 saturated carbocycles. The van der Waals surface area contributed by atoms with Gasteiger partial charge in [0.05, 0.1) is 12.7 Å². The van der Waals surface area contributed by atoms with E-state index in [-0.39, 0.29) is 0 Å². The molecule has 0 amide bonds. The van der Waals surface area contributed by atoms with Crippen LogP contribution >= 0.6 is 0 Å². The van der Waals surface area contributed by atoms with Crippen molar-refractivity contribution in [2.45, 2.75) is 57.5 Å². The molecule has 1 heterocycles. The molecule has 0 unspecified atom stereocenters. The summed E-state index contributed by atoms with van der Waals surface area (Å²) in [5, 5.41) is 6.66. The first-order chi connectivity index (χ1) is 10.3. The van der Waals surface area contributed by atoms with E-state index in [0.29, 0.717) is 12.0 Å². The van der Waals surface area contributed by atoms with E-state index in [0.717, 1.165) is 37.2 Å². The molecule has 0 aliphatic heterocycles. The molecule has 0 bridgehead atoms. The summed E-state index contributed by atoms with van der Waals surface area (Å²) in [6, 6.07) is 1.99. The van der Waals surface area contributed by atoms with Crippen molar-refractivity contribution >= 4 is 11.6 Å². The van der Waals surface area contributed by atoms with E-state index < -0.39 is 0 Å². The molecule has 5 nitrogen and oxygen atoms in total. The summed E-state index contributed by atoms with van der Waals surface area (Å²) in [7, 11) is 0. The monoisotopic (exact) mass is 290 g/mol. The minimum absolute atomic E-state index is 0.483. The highest BCUT2D eigenvalue weighted by molar-refractivity contribution is 5.48. The summed E-state index contributed by atoms with van der Waals surface area (Å²) in [6.07, 6.45) is 8.02. The number of hydrogen-bond donors (Lipinski definition) is 2. The Bertz CT molecular complexity index is 456. The average molecular weight is 290 g/mol. The molecule has 0 radical (unpaired) electrons. The zero-order valence-electron chi connectivity index (χ0n) is 12.9. The lowest BCUT2D eigenvalue weighted by Crippen LogP contribution is -2.16. The van der Waals surface area contributed by atoms with Crippen LogP contribution in [0.15, 0.2) is 6.07 Å². The van der Waals surface area contributed by atoms with Gasteiger partial charge in [0.15, 0.2) is 0 Å². The number of rotatable bonds is 8. The molecule has 2 aliphatic carbocycles. The molecule has 116 valence electrons. The van der Waals surface area contributed by atoms with Crippen molar-refractivity contribution in [3.63, 3.8) is 0 Å². The van der Waals surface area contributed by atoms with Crippen LogP contribution in [0.5, 0.6) is 0 Å². The molecule has 3 rings (SSSR count). The standard InChI is InChI=1S/C16H26N4O/c1-2-17-14-11-15(20-16(19-14)12-7-8-12)18-9-10-21-13-5-3-4-6-13/h11-13H,2-10H2,1H3,(H2,17,18,19,20). The first-order valence-corrected chi connectivity index (χ1v) is 8.33. The topological polar surface area (TPSA) is 59.1 Å². The van der Waals surface area contributed by atoms with Gasteiger partial charge in [0.25, 0.3) is 0 Å². The summed E-state index contributed by atoms with van der Waals surface area (Å²) in [6.45, 7) is 4.53. The second-order valence-electron chi connectivity index (χ2n) is 6.01. The van der Waals surface area contributed by atoms with Gasteiger partial charge in [0.1, 0.15) is 17.5 Å². The Morgan fingerprint density at radius 2 is 1.81 bits per heavy atom. The lowest BCUT2D eigenvalue weighted by Gasteiger charge is -2.13. The van der Waals surface area contributed by atoms with Gasteiger partial charge in [-0.25, -0.2) is 9.97 Å². The van der Waals surface area contributed by atoms with Crippen LogP contribution in [-0.2, 0) is 4.74 Å². The van der Waals surface area contributed by atoms with Gasteiger partial charge >= 0.3 is 0 Å². The Labute approximate surface area is 126 Å². The van der Waals surface area contributed by atoms with E-state index in [1.165, 1.54) is 38.5 Å². The normalized spacial score (nSPS) is 18.9. The largest absolute Gasteiger partial charge is 0.376 e. The van der Waals surface area contributed by atoms with E-state index in [2.05, 4.69) is 27.5 Å². The molecular weight excluding hydrogens is 264 g/mol. The van der Waals surface area contributed by atoms with Crippen LogP contribution in [0.25, 0.3) is 0 Å². The maximum absolute atomic E-state index is 5.87. The fourth-order valence-electron chi connectivity index (χ4n) is 2.81. The Balaban J connectivity index is 1.51. The van der Waals surface area contributed by atoms with Gasteiger partial charge in [-0.05, 0) is 32.6 Å². The molecule has 1 aromatic heterocycles. The zero-order chi connectivity index (χ0) is 14.5. The third-order valence-electron chi connectivity index (χ3n) is 4.11. The molecule has 2 aliphatic rings. The van der Waals surface area contributed by atoms with Crippen LogP contribution in [0.1, 0.15) is 57.2 Å². The Kier molecular flexibility index (Phi) is 4.91. The summed E-state index contributed by atoms with van der Waals surface area (Å²) >= 11 is 0. The minimum Gasteiger partial charge on any atom is -0.376 e. The van der Waals surface area contributed by atoms with Crippen molar-refractivity contribution in [3.8, 4) is 0 Å². The van der Waals surface area contributed by atoms with E-state index >= 15 is 0 Å². The fraction of sp³-hybridized carbons (Fsp3) is 0.750. The molecule has 21 heavy (non-hydrogen) atoms. The second kappa shape index (κ2) is 7.07. The SMILES string of the molecule is CCNc1cc(NCCOC2CCCC2)nc(C2CC2)n1. The first-order valence-electron chi connectivity index (χ1n) is 8.33. The van der Waals surface area contributed by atoms with Crippen molar-refractivity contribution < 1.29 is 4.74 Å². The van der Waals surface area contributed by atoms with Crippen LogP contribution in [0.4, 0.5) is 11.6 Å². The average Bonchev–Trinajstić information content (AvgIpc) is 3.21. The van der Waals surface area contributed by atoms with Gasteiger partial charge in [-0.2, -0.15) is 0 Å². The van der Waals surface area contributed by atoms with Gasteiger partial charge in [0, 0.05) is 25.1 Å². The minimum atomic E-state index is 0.483. The number of nitrogens with zero attached hydrogens (tertiary/aromatic N) is 2. The van der Waals surface area contributed by atoms with Gasteiger partial charge in [-0.15, -0.1) is 0 Å². The molecule has 0 saturated heterocycles. The highest BCUT2D eigenvalue weighted by atomic mass is 16.5. The predicted molar refractivity (Wildman–Crippen MR) is 84.9 cm³/mol. The van der Waals surface area contributed by atoms with Crippen LogP contribution in [0, 0.1) is 0 Å². The smallest absolute Gasteiger partial charge is 0.136 e. The summed E-state index contributed by atoms with van der Waals surface area (Å²) in [4.78, 5) is 9.21. The van der Waals surface area contributed by atoms with E-state index in [9.17, 15) is 0 Å². The third kappa shape index (κ3) is 4.30. The fourth-order valence-corrected chi connectivity index (χ4v) is 2.81. The van der Waals surface area contributed by atoms with Crippen molar-refractivity contribution in [1.82, 2.24) is 9.97 Å². The van der Waals surface area contributed by atoms with Crippen LogP contribution in [-0.4, -0.2) is 35.8 Å². The van der Waals surface area contributed by atoms with E-state index in [1.807, 2.05) is 6.07 Å². The van der Waals surface area contributed by atoms with Crippen LogP contribution < -0.4 is 10.6 Å². The molecule has 0 aromatic carbocycles. The number of hydrogen-bond acceptors (Lipinski definition) is 5. The summed E-state index contributed by atoms with van der Waals surface area (Å²) in [5.74, 6) is 3.39. The van der Waals surface area contributed by atoms with Gasteiger partial charge in [-0.1, -0.05) is 12.8 Å². The van der Waals surface area contributed by atoms with Gasteiger partial charge < -0.3 is 15.4 Å². The molecule has 0 spiro atoms. The lowest BCUT2D eigenvalue weighted by molar-refractivity contribution is 0.0658. The quantitative estimate of drug-likeness (QED) is 0.720. The van der Waals surface area contributed by atoms with Crippen molar-refractivity contribution in [2.24, 2.45) is 0 Å². The third-order valence-corrected chi connectivity index (χ3v) is 4.11. The molecule has 2 N–H and O–H groups in total. The highest BCUT2D eigenvalue weighted by Crippen LogP contribution is 2.38. The molecule has 5 heteroatoms. The van der Waals surface area contributed by atoms with Crippen LogP contribution in [0.2, 0.25) is 0 Å². The summed E-state index contributed by atoms with van der Waals surface area (Å²) in [5.41, 5.74) is 0. The molecule has 2 fully saturated rings. The number of aromatic nitrogens is 2. The second-order valence-corrected chi connectivity index (χ2v) is 6.01. The Morgan fingerprint density at radius 1 is 1.10 bits per heavy atom. The number of anilines is 2. The molecule has 1 aromatic rings. The van der Waals surface area contributed by atoms with Gasteiger partial charge in [0.2, 0.25) is 0 Å². The number of ether oxygens (including phenoxy) is 1. The van der Waals surface area contributed by atoms with E-state index in [1.54, 1.807) is 0 Å². The maximum atomic E-state index is 5.87. The predicted octanol–water partition coefficient (Wildman–Crippen LogP) is 3.16. The maximum Gasteiger partial charge on any atom is 0.136 e. The van der Waals surface area contributed by atoms with Gasteiger partial charge in [-0.3, -0.25) is 0 Å². The molecular formula is C16H26N4O. The van der Waals surface area contributed by atoms with Crippen molar-refractivity contribution in [2.75, 3.05) is 30.3 Å².